The molecule has 0 aromatic heterocycles. The highest BCUT2D eigenvalue weighted by Crippen LogP contribution is 2.09. The second-order valence-electron chi connectivity index (χ2n) is 3.98. The molecule has 98 valence electrons. The quantitative estimate of drug-likeness (QED) is 0.719. The van der Waals surface area contributed by atoms with Crippen LogP contribution in [0.5, 0.6) is 0 Å². The molecule has 1 aliphatic rings. The van der Waals surface area contributed by atoms with E-state index in [0.717, 1.165) is 25.9 Å². The van der Waals surface area contributed by atoms with Crippen LogP contribution in [0.3, 0.4) is 0 Å². The maximum Gasteiger partial charge on any atom is 0.407 e. The third-order valence-corrected chi connectivity index (χ3v) is 2.64. The van der Waals surface area contributed by atoms with Crippen LogP contribution in [0.2, 0.25) is 0 Å². The zero-order valence-corrected chi connectivity index (χ0v) is 9.98. The lowest BCUT2D eigenvalue weighted by atomic mass is 10.1. The Morgan fingerprint density at radius 1 is 1.24 bits per heavy atom. The number of carbonyl (C=O) groups excluding carboxylic acids is 2. The molecule has 0 aromatic rings. The molecule has 1 fully saturated rings. The van der Waals surface area contributed by atoms with Crippen LogP contribution in [-0.4, -0.2) is 54.9 Å². The second kappa shape index (κ2) is 7.89. The van der Waals surface area contributed by atoms with Crippen LogP contribution in [0, 0.1) is 0 Å². The van der Waals surface area contributed by atoms with Crippen molar-refractivity contribution in [3.05, 3.63) is 0 Å². The zero-order valence-electron chi connectivity index (χ0n) is 9.98. The first-order valence-electron chi connectivity index (χ1n) is 6.03. The highest BCUT2D eigenvalue weighted by molar-refractivity contribution is 5.77. The lowest BCUT2D eigenvalue weighted by molar-refractivity contribution is -0.131. The van der Waals surface area contributed by atoms with Gasteiger partial charge in [-0.25, -0.2) is 4.79 Å². The monoisotopic (exact) mass is 244 g/mol. The number of likely N-dealkylation sites (tertiary alicyclic amines) is 1. The van der Waals surface area contributed by atoms with E-state index in [2.05, 4.69) is 10.1 Å². The molecule has 1 heterocycles. The van der Waals surface area contributed by atoms with Crippen LogP contribution in [0.25, 0.3) is 0 Å². The van der Waals surface area contributed by atoms with Crippen molar-refractivity contribution in [2.75, 3.05) is 32.8 Å². The summed E-state index contributed by atoms with van der Waals surface area (Å²) in [6.07, 6.45) is 3.03. The molecule has 0 spiro atoms. The minimum Gasteiger partial charge on any atom is -0.447 e. The molecule has 0 aromatic carbocycles. The van der Waals surface area contributed by atoms with Gasteiger partial charge in [0, 0.05) is 26.1 Å². The Hall–Kier alpha value is -1.30. The number of ether oxygens (including phenoxy) is 1. The Bertz CT molecular complexity index is 252. The average molecular weight is 244 g/mol. The summed E-state index contributed by atoms with van der Waals surface area (Å²) < 4.78 is 4.59. The van der Waals surface area contributed by atoms with Crippen LogP contribution >= 0.6 is 0 Å². The van der Waals surface area contributed by atoms with E-state index < -0.39 is 6.09 Å². The van der Waals surface area contributed by atoms with Crippen molar-refractivity contribution >= 4 is 12.0 Å². The Balaban J connectivity index is 2.08. The molecule has 2 N–H and O–H groups in total. The molecular formula is C11H20N2O4. The van der Waals surface area contributed by atoms with Crippen LogP contribution in [-0.2, 0) is 9.53 Å². The molecular weight excluding hydrogens is 224 g/mol. The number of amides is 2. The largest absolute Gasteiger partial charge is 0.447 e. The third kappa shape index (κ3) is 5.53. The number of nitrogens with zero attached hydrogens (tertiary/aromatic N) is 1. The number of rotatable bonds is 5. The zero-order chi connectivity index (χ0) is 12.5. The van der Waals surface area contributed by atoms with Gasteiger partial charge in [-0.05, 0) is 19.3 Å². The van der Waals surface area contributed by atoms with Gasteiger partial charge >= 0.3 is 6.09 Å². The van der Waals surface area contributed by atoms with Crippen molar-refractivity contribution in [3.63, 3.8) is 0 Å². The number of aliphatic hydroxyl groups is 1. The van der Waals surface area contributed by atoms with Crippen molar-refractivity contribution in [1.29, 1.82) is 0 Å². The number of alkyl carbamates (subject to hydrolysis) is 1. The first-order valence-corrected chi connectivity index (χ1v) is 6.03. The minimum atomic E-state index is -0.592. The van der Waals surface area contributed by atoms with Crippen molar-refractivity contribution in [1.82, 2.24) is 10.2 Å². The predicted octanol–water partition coefficient (Wildman–Crippen LogP) is 0.107. The number of hydrogen-bond acceptors (Lipinski definition) is 4. The van der Waals surface area contributed by atoms with Crippen molar-refractivity contribution in [2.45, 2.75) is 25.7 Å². The van der Waals surface area contributed by atoms with E-state index in [1.54, 1.807) is 0 Å². The number of aliphatic hydroxyl groups excluding tert-OH is 1. The van der Waals surface area contributed by atoms with E-state index in [0.29, 0.717) is 6.42 Å². The molecule has 0 bridgehead atoms. The topological polar surface area (TPSA) is 78.9 Å². The molecule has 6 nitrogen and oxygen atoms in total. The Morgan fingerprint density at radius 2 is 1.94 bits per heavy atom. The SMILES string of the molecule is O=C(NCCC(=O)N1CCCCC1)OCCO. The first-order chi connectivity index (χ1) is 8.24. The van der Waals surface area contributed by atoms with Crippen LogP contribution in [0.15, 0.2) is 0 Å². The molecule has 0 atom stereocenters. The van der Waals surface area contributed by atoms with Gasteiger partial charge in [-0.3, -0.25) is 4.79 Å². The van der Waals surface area contributed by atoms with E-state index in [4.69, 9.17) is 5.11 Å². The molecule has 1 rings (SSSR count). The molecule has 2 amide bonds. The first kappa shape index (κ1) is 13.8. The number of carbonyl (C=O) groups is 2. The maximum atomic E-state index is 11.7. The number of hydrogen-bond donors (Lipinski definition) is 2. The normalized spacial score (nSPS) is 15.5. The van der Waals surface area contributed by atoms with Gasteiger partial charge in [0.15, 0.2) is 0 Å². The molecule has 1 saturated heterocycles. The highest BCUT2D eigenvalue weighted by Gasteiger charge is 2.16. The summed E-state index contributed by atoms with van der Waals surface area (Å²) in [5, 5.41) is 10.9. The molecule has 6 heteroatoms. The lowest BCUT2D eigenvalue weighted by Gasteiger charge is -2.26. The molecule has 0 unspecified atom stereocenters. The van der Waals surface area contributed by atoms with E-state index >= 15 is 0 Å². The van der Waals surface area contributed by atoms with Crippen LogP contribution in [0.1, 0.15) is 25.7 Å². The predicted molar refractivity (Wildman–Crippen MR) is 61.5 cm³/mol. The average Bonchev–Trinajstić information content (AvgIpc) is 2.37. The van der Waals surface area contributed by atoms with Crippen LogP contribution in [0.4, 0.5) is 4.79 Å². The maximum absolute atomic E-state index is 11.7. The van der Waals surface area contributed by atoms with Crippen molar-refractivity contribution < 1.29 is 19.4 Å². The summed E-state index contributed by atoms with van der Waals surface area (Å²) in [6.45, 7) is 1.72. The third-order valence-electron chi connectivity index (χ3n) is 2.64. The van der Waals surface area contributed by atoms with E-state index in [1.807, 2.05) is 4.90 Å². The fraction of sp³-hybridized carbons (Fsp3) is 0.818. The van der Waals surface area contributed by atoms with Gasteiger partial charge in [-0.1, -0.05) is 0 Å². The van der Waals surface area contributed by atoms with E-state index in [1.165, 1.54) is 6.42 Å². The van der Waals surface area contributed by atoms with Crippen molar-refractivity contribution in [3.8, 4) is 0 Å². The number of nitrogens with one attached hydrogen (secondary N) is 1. The summed E-state index contributed by atoms with van der Waals surface area (Å²) in [4.78, 5) is 24.5. The lowest BCUT2D eigenvalue weighted by Crippen LogP contribution is -2.38. The molecule has 0 saturated carbocycles. The minimum absolute atomic E-state index is 0.0219. The smallest absolute Gasteiger partial charge is 0.407 e. The van der Waals surface area contributed by atoms with Crippen molar-refractivity contribution in [2.24, 2.45) is 0 Å². The Kier molecular flexibility index (Phi) is 6.39. The van der Waals surface area contributed by atoms with E-state index in [9.17, 15) is 9.59 Å². The second-order valence-corrected chi connectivity index (χ2v) is 3.98. The molecule has 1 aliphatic heterocycles. The fourth-order valence-electron chi connectivity index (χ4n) is 1.76. The Labute approximate surface area is 101 Å². The molecule has 0 radical (unpaired) electrons. The van der Waals surface area contributed by atoms with Gasteiger partial charge in [0.05, 0.1) is 6.61 Å². The standard InChI is InChI=1S/C11H20N2O4/c14-8-9-17-11(16)12-5-4-10(15)13-6-2-1-3-7-13/h14H,1-9H2,(H,12,16). The molecule has 17 heavy (non-hydrogen) atoms. The molecule has 0 aliphatic carbocycles. The van der Waals surface area contributed by atoms with E-state index in [-0.39, 0.29) is 25.7 Å². The van der Waals surface area contributed by atoms with Gasteiger partial charge in [0.2, 0.25) is 5.91 Å². The summed E-state index contributed by atoms with van der Waals surface area (Å²) in [6, 6.07) is 0. The highest BCUT2D eigenvalue weighted by atomic mass is 16.6. The van der Waals surface area contributed by atoms with Gasteiger partial charge in [-0.15, -0.1) is 0 Å². The van der Waals surface area contributed by atoms with Gasteiger partial charge < -0.3 is 20.1 Å². The van der Waals surface area contributed by atoms with Crippen LogP contribution < -0.4 is 5.32 Å². The van der Waals surface area contributed by atoms with Gasteiger partial charge in [0.25, 0.3) is 0 Å². The number of piperidine rings is 1. The summed E-state index contributed by atoms with van der Waals surface area (Å²) in [5.74, 6) is 0.0761. The van der Waals surface area contributed by atoms with Gasteiger partial charge in [-0.2, -0.15) is 0 Å². The fourth-order valence-corrected chi connectivity index (χ4v) is 1.76. The van der Waals surface area contributed by atoms with Gasteiger partial charge in [0.1, 0.15) is 6.61 Å². The summed E-state index contributed by atoms with van der Waals surface area (Å²) >= 11 is 0. The Morgan fingerprint density at radius 3 is 2.59 bits per heavy atom. The summed E-state index contributed by atoms with van der Waals surface area (Å²) in [7, 11) is 0. The summed E-state index contributed by atoms with van der Waals surface area (Å²) in [5.41, 5.74) is 0.